The monoisotopic (exact) mass is 463 g/mol. The summed E-state index contributed by atoms with van der Waals surface area (Å²) < 4.78 is 12.4. The van der Waals surface area contributed by atoms with E-state index in [1.807, 2.05) is 36.4 Å². The molecule has 3 aliphatic rings. The summed E-state index contributed by atoms with van der Waals surface area (Å²) in [7, 11) is 0. The van der Waals surface area contributed by atoms with Crippen LogP contribution in [-0.4, -0.2) is 58.7 Å². The van der Waals surface area contributed by atoms with Crippen LogP contribution < -0.4 is 17.0 Å². The van der Waals surface area contributed by atoms with Gasteiger partial charge in [0.15, 0.2) is 6.04 Å². The van der Waals surface area contributed by atoms with Crippen LogP contribution in [0.3, 0.4) is 0 Å². The van der Waals surface area contributed by atoms with Crippen molar-refractivity contribution in [2.45, 2.75) is 43.7 Å². The zero-order valence-corrected chi connectivity index (χ0v) is 17.6. The molecule has 0 aliphatic carbocycles. The van der Waals surface area contributed by atoms with E-state index in [4.69, 9.17) is 14.3 Å². The average molecular weight is 464 g/mol. The van der Waals surface area contributed by atoms with Crippen molar-refractivity contribution < 1.29 is 46.2 Å². The lowest BCUT2D eigenvalue weighted by Gasteiger charge is -2.37. The molecule has 29 heavy (non-hydrogen) atoms. The fourth-order valence-electron chi connectivity index (χ4n) is 5.00. The van der Waals surface area contributed by atoms with E-state index in [0.717, 1.165) is 0 Å². The van der Waals surface area contributed by atoms with Crippen molar-refractivity contribution in [1.82, 2.24) is 0 Å². The Morgan fingerprint density at radius 3 is 2.07 bits per heavy atom. The maximum Gasteiger partial charge on any atom is 0.227 e. The van der Waals surface area contributed by atoms with E-state index < -0.39 is 18.5 Å². The molecule has 5 rings (SSSR count). The maximum absolute atomic E-state index is 10.6. The Kier molecular flexibility index (Phi) is 6.09. The van der Waals surface area contributed by atoms with Crippen molar-refractivity contribution in [3.8, 4) is 0 Å². The number of aliphatic hydroxyl groups is 2. The first-order chi connectivity index (χ1) is 13.7. The van der Waals surface area contributed by atoms with Gasteiger partial charge in [0.1, 0.15) is 43.9 Å². The predicted molar refractivity (Wildman–Crippen MR) is 100 cm³/mol. The van der Waals surface area contributed by atoms with Crippen LogP contribution in [0.5, 0.6) is 0 Å². The van der Waals surface area contributed by atoms with Gasteiger partial charge in [-0.2, -0.15) is 9.48 Å². The van der Waals surface area contributed by atoms with Gasteiger partial charge in [0, 0.05) is 11.1 Å². The molecule has 0 spiro atoms. The summed E-state index contributed by atoms with van der Waals surface area (Å²) in [5.74, 6) is -0.0507. The maximum atomic E-state index is 10.6. The van der Waals surface area contributed by atoms with Gasteiger partial charge >= 0.3 is 0 Å². The number of hydrogen-bond donors (Lipinski definition) is 2. The molecule has 0 saturated carbocycles. The Morgan fingerprint density at radius 1 is 0.931 bits per heavy atom. The lowest BCUT2D eigenvalue weighted by molar-refractivity contribution is -1.13. The van der Waals surface area contributed by atoms with E-state index in [1.54, 1.807) is 0 Å². The molecule has 3 heterocycles. The van der Waals surface area contributed by atoms with E-state index in [0.29, 0.717) is 24.3 Å². The van der Waals surface area contributed by atoms with Gasteiger partial charge < -0.3 is 36.7 Å². The summed E-state index contributed by atoms with van der Waals surface area (Å²) >= 11 is 0. The molecule has 2 aromatic rings. The second kappa shape index (κ2) is 8.43. The Hall–Kier alpha value is -1.32. The van der Waals surface area contributed by atoms with Crippen molar-refractivity contribution in [3.63, 3.8) is 0 Å². The van der Waals surface area contributed by atoms with Crippen molar-refractivity contribution in [1.29, 1.82) is 0 Å². The summed E-state index contributed by atoms with van der Waals surface area (Å²) in [4.78, 5) is 6.59. The van der Waals surface area contributed by atoms with Gasteiger partial charge in [-0.15, -0.1) is 0 Å². The summed E-state index contributed by atoms with van der Waals surface area (Å²) in [5.41, 5.74) is 2.36. The molecule has 6 nitrogen and oxygen atoms in total. The molecule has 0 aromatic heterocycles. The van der Waals surface area contributed by atoms with Crippen molar-refractivity contribution in [2.75, 3.05) is 13.2 Å². The number of hydroxylamine groups is 3. The van der Waals surface area contributed by atoms with Crippen LogP contribution in [0.15, 0.2) is 60.7 Å². The molecule has 0 unspecified atom stereocenters. The normalized spacial score (nSPS) is 34.4. The minimum absolute atomic E-state index is 0. The van der Waals surface area contributed by atoms with E-state index in [-0.39, 0.29) is 41.7 Å². The van der Waals surface area contributed by atoms with Crippen LogP contribution in [0.2, 0.25) is 0 Å². The van der Waals surface area contributed by atoms with Gasteiger partial charge in [0.2, 0.25) is 6.29 Å². The molecule has 2 aromatic carbocycles. The molecular formula is C22H26BrNO5. The molecule has 6 atom stereocenters. The number of ether oxygens (including phenoxy) is 2. The summed E-state index contributed by atoms with van der Waals surface area (Å²) in [6, 6.07) is 20.6. The third kappa shape index (κ3) is 3.65. The summed E-state index contributed by atoms with van der Waals surface area (Å²) in [6.45, 7) is 1.62. The molecule has 3 aliphatic heterocycles. The Labute approximate surface area is 180 Å². The molecule has 0 bridgehead atoms. The Morgan fingerprint density at radius 2 is 1.52 bits per heavy atom. The van der Waals surface area contributed by atoms with Crippen LogP contribution in [-0.2, 0) is 27.4 Å². The van der Waals surface area contributed by atoms with Gasteiger partial charge in [-0.25, -0.2) is 0 Å². The first-order valence-corrected chi connectivity index (χ1v) is 9.89. The summed E-state index contributed by atoms with van der Waals surface area (Å²) in [5, 5.41) is 20.2. The lowest BCUT2D eigenvalue weighted by atomic mass is 9.88. The highest BCUT2D eigenvalue weighted by Gasteiger charge is 2.67. The minimum atomic E-state index is -0.840. The number of halogens is 1. The van der Waals surface area contributed by atoms with E-state index in [2.05, 4.69) is 24.3 Å². The van der Waals surface area contributed by atoms with E-state index in [9.17, 15) is 10.2 Å². The number of quaternary nitrogens is 1. The first-order valence-electron chi connectivity index (χ1n) is 9.89. The molecule has 0 amide bonds. The van der Waals surface area contributed by atoms with Gasteiger partial charge in [-0.05, 0) is 0 Å². The molecule has 0 radical (unpaired) electrons. The number of rotatable bonds is 5. The standard InChI is InChI=1S/C22H26NO5.BrH/c24-13-18-20(25)21-19-17(14-26-21)23(28-22(19)27-18,11-15-7-3-1-4-8-15)12-16-9-5-2-6-10-16;/h1-10,17-22,24-25H,11-14H2;1H/q+1;/p-1/t17-,18-,19-,20-,21+,22-;/m1./s1. The lowest BCUT2D eigenvalue weighted by Crippen LogP contribution is -3.00. The SMILES string of the molecule is OC[C@H]1O[C@@H]2O[N+](Cc3ccccc3)(Cc3ccccc3)[C@@H]3CO[C@H]([C@@H]1O)[C@H]23.[Br-]. The van der Waals surface area contributed by atoms with E-state index in [1.165, 1.54) is 11.1 Å². The highest BCUT2D eigenvalue weighted by molar-refractivity contribution is 5.16. The van der Waals surface area contributed by atoms with Crippen molar-refractivity contribution in [3.05, 3.63) is 71.8 Å². The van der Waals surface area contributed by atoms with Crippen molar-refractivity contribution >= 4 is 0 Å². The van der Waals surface area contributed by atoms with Crippen LogP contribution >= 0.6 is 0 Å². The zero-order chi connectivity index (χ0) is 19.1. The van der Waals surface area contributed by atoms with Crippen molar-refractivity contribution in [2.24, 2.45) is 5.92 Å². The van der Waals surface area contributed by atoms with Gasteiger partial charge in [0.25, 0.3) is 0 Å². The molecule has 7 heteroatoms. The highest BCUT2D eigenvalue weighted by Crippen LogP contribution is 2.48. The number of hydrogen-bond acceptors (Lipinski definition) is 5. The fraction of sp³-hybridized carbons (Fsp3) is 0.455. The third-order valence-corrected chi connectivity index (χ3v) is 6.31. The topological polar surface area (TPSA) is 68.2 Å². The highest BCUT2D eigenvalue weighted by atomic mass is 79.9. The number of nitrogens with zero attached hydrogens (tertiary/aromatic N) is 1. The number of benzene rings is 2. The Bertz CT molecular complexity index is 766. The van der Waals surface area contributed by atoms with E-state index >= 15 is 0 Å². The predicted octanol–water partition coefficient (Wildman–Crippen LogP) is -1.39. The zero-order valence-electron chi connectivity index (χ0n) is 16.0. The molecule has 3 fully saturated rings. The fourth-order valence-corrected chi connectivity index (χ4v) is 5.00. The third-order valence-electron chi connectivity index (χ3n) is 6.31. The van der Waals surface area contributed by atoms with Gasteiger partial charge in [0.05, 0.1) is 6.61 Å². The number of aliphatic hydroxyl groups excluding tert-OH is 2. The Balaban J connectivity index is 0.00000205. The average Bonchev–Trinajstić information content (AvgIpc) is 3.29. The van der Waals surface area contributed by atoms with Gasteiger partial charge in [-0.3, -0.25) is 0 Å². The second-order valence-corrected chi connectivity index (χ2v) is 8.00. The molecule has 3 saturated heterocycles. The molecular weight excluding hydrogens is 438 g/mol. The quantitative estimate of drug-likeness (QED) is 0.534. The molecule has 156 valence electrons. The van der Waals surface area contributed by atoms with Crippen LogP contribution in [0.1, 0.15) is 11.1 Å². The second-order valence-electron chi connectivity index (χ2n) is 8.00. The van der Waals surface area contributed by atoms with Crippen LogP contribution in [0.25, 0.3) is 0 Å². The minimum Gasteiger partial charge on any atom is -1.00 e. The van der Waals surface area contributed by atoms with Gasteiger partial charge in [-0.1, -0.05) is 60.7 Å². The van der Waals surface area contributed by atoms with Crippen LogP contribution in [0, 0.1) is 5.92 Å². The molecule has 2 N–H and O–H groups in total. The smallest absolute Gasteiger partial charge is 0.227 e. The first kappa shape index (κ1) is 20.9. The largest absolute Gasteiger partial charge is 1.00 e. The van der Waals surface area contributed by atoms with Crippen LogP contribution in [0.4, 0.5) is 0 Å². The summed E-state index contributed by atoms with van der Waals surface area (Å²) in [6.07, 6.45) is -2.38.